The minimum Gasteiger partial charge on any atom is -0.381 e. The normalized spacial score (nSPS) is 23.3. The summed E-state index contributed by atoms with van der Waals surface area (Å²) in [7, 11) is 0. The van der Waals surface area contributed by atoms with Crippen LogP contribution in [0, 0.1) is 0 Å². The Bertz CT molecular complexity index is 1330. The Labute approximate surface area is 255 Å². The SMILES string of the molecule is CCn1ncc2c(NC3CCCCC3)c(C3=NOC(C(=O)NC4(C)CCCCC4)(C(=O)NC4(C)CCCCC4)C3)cnc21. The van der Waals surface area contributed by atoms with Crippen LogP contribution in [0.2, 0.25) is 0 Å². The van der Waals surface area contributed by atoms with Crippen LogP contribution in [0.5, 0.6) is 0 Å². The van der Waals surface area contributed by atoms with Crippen molar-refractivity contribution in [2.75, 3.05) is 5.32 Å². The van der Waals surface area contributed by atoms with Gasteiger partial charge in [-0.25, -0.2) is 9.67 Å². The standard InChI is InChI=1S/C33H49N7O3/c1-4-40-28-25(22-35-40)27(36-23-14-8-5-9-15-23)24(21-34-28)26-20-33(43-39-26,29(41)37-31(2)16-10-6-11-17-31)30(42)38-32(3)18-12-7-13-19-32/h21-23H,4-20H2,1-3H3,(H,34,36)(H,37,41)(H,38,42). The van der Waals surface area contributed by atoms with Crippen molar-refractivity contribution in [1.82, 2.24) is 25.4 Å². The largest absolute Gasteiger partial charge is 0.381 e. The van der Waals surface area contributed by atoms with E-state index < -0.39 is 17.4 Å². The number of aryl methyl sites for hydroxylation is 1. The Morgan fingerprint density at radius 1 is 0.884 bits per heavy atom. The van der Waals surface area contributed by atoms with Crippen LogP contribution >= 0.6 is 0 Å². The second-order valence-corrected chi connectivity index (χ2v) is 14.0. The summed E-state index contributed by atoms with van der Waals surface area (Å²) in [6.07, 6.45) is 19.7. The lowest BCUT2D eigenvalue weighted by molar-refractivity contribution is -0.160. The van der Waals surface area contributed by atoms with E-state index >= 15 is 0 Å². The molecule has 234 valence electrons. The van der Waals surface area contributed by atoms with Gasteiger partial charge in [0.1, 0.15) is 0 Å². The fraction of sp³-hybridized carbons (Fsp3) is 0.727. The van der Waals surface area contributed by atoms with Gasteiger partial charge in [-0.1, -0.05) is 62.9 Å². The molecule has 2 aromatic heterocycles. The van der Waals surface area contributed by atoms with Crippen molar-refractivity contribution in [3.8, 4) is 0 Å². The number of pyridine rings is 1. The highest BCUT2D eigenvalue weighted by Crippen LogP contribution is 2.37. The van der Waals surface area contributed by atoms with Gasteiger partial charge in [-0.3, -0.25) is 9.59 Å². The van der Waals surface area contributed by atoms with E-state index in [-0.39, 0.29) is 17.5 Å². The summed E-state index contributed by atoms with van der Waals surface area (Å²) < 4.78 is 1.89. The van der Waals surface area contributed by atoms with Gasteiger partial charge in [0.2, 0.25) is 0 Å². The zero-order valence-corrected chi connectivity index (χ0v) is 26.3. The molecule has 0 radical (unpaired) electrons. The molecule has 10 nitrogen and oxygen atoms in total. The van der Waals surface area contributed by atoms with Crippen LogP contribution < -0.4 is 16.0 Å². The molecule has 0 unspecified atom stereocenters. The Kier molecular flexibility index (Phi) is 8.39. The van der Waals surface area contributed by atoms with Gasteiger partial charge in [-0.2, -0.15) is 5.10 Å². The minimum absolute atomic E-state index is 0.0469. The van der Waals surface area contributed by atoms with Gasteiger partial charge in [-0.05, 0) is 59.3 Å². The number of amides is 2. The zero-order valence-electron chi connectivity index (χ0n) is 26.3. The first-order valence-corrected chi connectivity index (χ1v) is 16.8. The number of hydrogen-bond donors (Lipinski definition) is 3. The molecule has 3 saturated carbocycles. The molecule has 2 amide bonds. The number of anilines is 1. The Balaban J connectivity index is 1.34. The highest BCUT2D eigenvalue weighted by Gasteiger charge is 2.56. The van der Waals surface area contributed by atoms with Crippen LogP contribution in [0.3, 0.4) is 0 Å². The van der Waals surface area contributed by atoms with E-state index in [9.17, 15) is 9.59 Å². The number of carbonyl (C=O) groups is 2. The first-order chi connectivity index (χ1) is 20.7. The molecular formula is C33H49N7O3. The molecule has 4 aliphatic rings. The summed E-state index contributed by atoms with van der Waals surface area (Å²) in [4.78, 5) is 39.3. The van der Waals surface area contributed by atoms with E-state index in [0.29, 0.717) is 18.3 Å². The van der Waals surface area contributed by atoms with Crippen molar-refractivity contribution >= 4 is 34.2 Å². The van der Waals surface area contributed by atoms with Gasteiger partial charge in [0.25, 0.3) is 17.4 Å². The van der Waals surface area contributed by atoms with Crippen LogP contribution in [0.25, 0.3) is 11.0 Å². The highest BCUT2D eigenvalue weighted by atomic mass is 16.7. The summed E-state index contributed by atoms with van der Waals surface area (Å²) in [6, 6.07) is 0.333. The number of aromatic nitrogens is 3. The van der Waals surface area contributed by atoms with Gasteiger partial charge in [-0.15, -0.1) is 0 Å². The van der Waals surface area contributed by atoms with Crippen molar-refractivity contribution in [1.29, 1.82) is 0 Å². The topological polar surface area (TPSA) is 123 Å². The van der Waals surface area contributed by atoms with E-state index in [0.717, 1.165) is 86.5 Å². The molecule has 6 rings (SSSR count). The summed E-state index contributed by atoms with van der Waals surface area (Å²) in [5, 5.41) is 20.3. The highest BCUT2D eigenvalue weighted by molar-refractivity contribution is 6.18. The Hall–Kier alpha value is -3.17. The van der Waals surface area contributed by atoms with Crippen molar-refractivity contribution in [3.05, 3.63) is 18.0 Å². The van der Waals surface area contributed by atoms with Crippen LogP contribution in [0.1, 0.15) is 129 Å². The van der Waals surface area contributed by atoms with E-state index in [2.05, 4.69) is 47.0 Å². The molecule has 0 saturated heterocycles. The lowest BCUT2D eigenvalue weighted by Gasteiger charge is -2.39. The molecule has 3 heterocycles. The van der Waals surface area contributed by atoms with Crippen molar-refractivity contribution in [2.45, 2.75) is 153 Å². The number of nitrogens with one attached hydrogen (secondary N) is 3. The fourth-order valence-electron chi connectivity index (χ4n) is 7.67. The smallest absolute Gasteiger partial charge is 0.297 e. The third kappa shape index (κ3) is 5.98. The number of fused-ring (bicyclic) bond motifs is 1. The number of nitrogens with zero attached hydrogens (tertiary/aromatic N) is 4. The summed E-state index contributed by atoms with van der Waals surface area (Å²) in [5.41, 5.74) is 0.531. The first kappa shape index (κ1) is 29.9. The maximum Gasteiger partial charge on any atom is 0.297 e. The minimum atomic E-state index is -1.78. The number of oxime groups is 1. The van der Waals surface area contributed by atoms with Gasteiger partial charge in [0, 0.05) is 35.4 Å². The summed E-state index contributed by atoms with van der Waals surface area (Å²) >= 11 is 0. The predicted molar refractivity (Wildman–Crippen MR) is 168 cm³/mol. The van der Waals surface area contributed by atoms with Gasteiger partial charge < -0.3 is 20.8 Å². The number of hydrogen-bond acceptors (Lipinski definition) is 7. The number of carbonyl (C=O) groups excluding carboxylic acids is 2. The molecule has 43 heavy (non-hydrogen) atoms. The second kappa shape index (κ2) is 12.1. The summed E-state index contributed by atoms with van der Waals surface area (Å²) in [6.45, 7) is 6.94. The van der Waals surface area contributed by atoms with Crippen molar-refractivity contribution < 1.29 is 14.4 Å². The average Bonchev–Trinajstić information content (AvgIpc) is 3.64. The first-order valence-electron chi connectivity index (χ1n) is 16.8. The maximum absolute atomic E-state index is 14.2. The fourth-order valence-corrected chi connectivity index (χ4v) is 7.67. The molecule has 1 aliphatic heterocycles. The third-order valence-electron chi connectivity index (χ3n) is 10.4. The lowest BCUT2D eigenvalue weighted by Crippen LogP contribution is -2.64. The molecule has 3 fully saturated rings. The predicted octanol–water partition coefficient (Wildman–Crippen LogP) is 5.74. The number of rotatable bonds is 8. The quantitative estimate of drug-likeness (QED) is 0.337. The molecule has 0 bridgehead atoms. The molecule has 3 aliphatic carbocycles. The zero-order chi connectivity index (χ0) is 30.1. The molecule has 10 heteroatoms. The third-order valence-corrected chi connectivity index (χ3v) is 10.4. The van der Waals surface area contributed by atoms with Gasteiger partial charge in [0.05, 0.1) is 29.4 Å². The van der Waals surface area contributed by atoms with Crippen molar-refractivity contribution in [3.63, 3.8) is 0 Å². The average molecular weight is 592 g/mol. The Morgan fingerprint density at radius 3 is 2.05 bits per heavy atom. The van der Waals surface area contributed by atoms with Crippen LogP contribution in [0.15, 0.2) is 17.5 Å². The van der Waals surface area contributed by atoms with Crippen LogP contribution in [0.4, 0.5) is 5.69 Å². The molecule has 0 aromatic carbocycles. The molecular weight excluding hydrogens is 542 g/mol. The maximum atomic E-state index is 14.2. The van der Waals surface area contributed by atoms with E-state index in [4.69, 9.17) is 9.82 Å². The van der Waals surface area contributed by atoms with E-state index in [1.165, 1.54) is 32.1 Å². The van der Waals surface area contributed by atoms with Crippen LogP contribution in [-0.2, 0) is 21.0 Å². The Morgan fingerprint density at radius 2 is 1.47 bits per heavy atom. The van der Waals surface area contributed by atoms with Crippen LogP contribution in [-0.4, -0.2) is 55.0 Å². The van der Waals surface area contributed by atoms with Gasteiger partial charge in [0.15, 0.2) is 5.65 Å². The molecule has 2 aromatic rings. The molecule has 0 spiro atoms. The molecule has 3 N–H and O–H groups in total. The van der Waals surface area contributed by atoms with Crippen molar-refractivity contribution in [2.24, 2.45) is 5.16 Å². The van der Waals surface area contributed by atoms with Gasteiger partial charge >= 0.3 is 0 Å². The second-order valence-electron chi connectivity index (χ2n) is 14.0. The monoisotopic (exact) mass is 591 g/mol. The molecule has 0 atom stereocenters. The lowest BCUT2D eigenvalue weighted by atomic mass is 9.81. The summed E-state index contributed by atoms with van der Waals surface area (Å²) in [5.74, 6) is -0.802. The van der Waals surface area contributed by atoms with E-state index in [1.807, 2.05) is 10.9 Å². The van der Waals surface area contributed by atoms with E-state index in [1.54, 1.807) is 6.20 Å².